The SMILES string of the molecule is COc1ccccc1-c1noc(C2CC(=O)N(c3ccc(C)c(C)c3)C2)n1. The van der Waals surface area contributed by atoms with Crippen molar-refractivity contribution < 1.29 is 14.1 Å². The summed E-state index contributed by atoms with van der Waals surface area (Å²) in [7, 11) is 1.61. The first-order valence-electron chi connectivity index (χ1n) is 8.91. The number of rotatable bonds is 4. The summed E-state index contributed by atoms with van der Waals surface area (Å²) in [6, 6.07) is 13.6. The zero-order chi connectivity index (χ0) is 19.0. The van der Waals surface area contributed by atoms with Gasteiger partial charge in [-0.2, -0.15) is 4.98 Å². The van der Waals surface area contributed by atoms with E-state index >= 15 is 0 Å². The Hall–Kier alpha value is -3.15. The van der Waals surface area contributed by atoms with Crippen molar-refractivity contribution in [1.82, 2.24) is 10.1 Å². The van der Waals surface area contributed by atoms with Crippen molar-refractivity contribution in [1.29, 1.82) is 0 Å². The highest BCUT2D eigenvalue weighted by molar-refractivity contribution is 5.96. The van der Waals surface area contributed by atoms with Gasteiger partial charge in [0.05, 0.1) is 18.6 Å². The fourth-order valence-corrected chi connectivity index (χ4v) is 3.36. The molecule has 1 amide bonds. The zero-order valence-electron chi connectivity index (χ0n) is 15.6. The van der Waals surface area contributed by atoms with Crippen LogP contribution < -0.4 is 9.64 Å². The third kappa shape index (κ3) is 3.18. The molecule has 0 N–H and O–H groups in total. The van der Waals surface area contributed by atoms with Crippen LogP contribution in [0.2, 0.25) is 0 Å². The first-order chi connectivity index (χ1) is 13.1. The van der Waals surface area contributed by atoms with Crippen LogP contribution in [0.25, 0.3) is 11.4 Å². The predicted octanol–water partition coefficient (Wildman–Crippen LogP) is 3.88. The van der Waals surface area contributed by atoms with E-state index in [0.717, 1.165) is 11.3 Å². The van der Waals surface area contributed by atoms with Crippen LogP contribution in [-0.2, 0) is 4.79 Å². The lowest BCUT2D eigenvalue weighted by atomic mass is 10.1. The predicted molar refractivity (Wildman–Crippen MR) is 102 cm³/mol. The quantitative estimate of drug-likeness (QED) is 0.703. The zero-order valence-corrected chi connectivity index (χ0v) is 15.6. The third-order valence-corrected chi connectivity index (χ3v) is 5.07. The minimum Gasteiger partial charge on any atom is -0.496 e. The molecular formula is C21H21N3O3. The summed E-state index contributed by atoms with van der Waals surface area (Å²) >= 11 is 0. The Morgan fingerprint density at radius 2 is 1.96 bits per heavy atom. The Balaban J connectivity index is 1.58. The minimum atomic E-state index is -0.116. The minimum absolute atomic E-state index is 0.0697. The number of ether oxygens (including phenoxy) is 1. The van der Waals surface area contributed by atoms with Crippen molar-refractivity contribution >= 4 is 11.6 Å². The van der Waals surface area contributed by atoms with Crippen LogP contribution in [0.4, 0.5) is 5.69 Å². The molecule has 1 aliphatic heterocycles. The van der Waals surface area contributed by atoms with Crippen molar-refractivity contribution in [2.75, 3.05) is 18.6 Å². The molecule has 1 fully saturated rings. The molecule has 2 aromatic carbocycles. The number of methoxy groups -OCH3 is 1. The van der Waals surface area contributed by atoms with E-state index in [1.54, 1.807) is 12.0 Å². The molecule has 0 radical (unpaired) electrons. The number of amides is 1. The van der Waals surface area contributed by atoms with E-state index < -0.39 is 0 Å². The van der Waals surface area contributed by atoms with E-state index in [9.17, 15) is 4.79 Å². The maximum absolute atomic E-state index is 12.5. The smallest absolute Gasteiger partial charge is 0.232 e. The Morgan fingerprint density at radius 1 is 1.15 bits per heavy atom. The third-order valence-electron chi connectivity index (χ3n) is 5.07. The second-order valence-electron chi connectivity index (χ2n) is 6.83. The van der Waals surface area contributed by atoms with Crippen molar-refractivity contribution in [3.05, 3.63) is 59.5 Å². The monoisotopic (exact) mass is 363 g/mol. The molecule has 0 aliphatic carbocycles. The molecule has 138 valence electrons. The Bertz CT molecular complexity index is 996. The van der Waals surface area contributed by atoms with Crippen LogP contribution in [0.5, 0.6) is 5.75 Å². The first kappa shape index (κ1) is 17.3. The number of aryl methyl sites for hydroxylation is 2. The fourth-order valence-electron chi connectivity index (χ4n) is 3.36. The lowest BCUT2D eigenvalue weighted by Gasteiger charge is -2.17. The van der Waals surface area contributed by atoms with Gasteiger partial charge >= 0.3 is 0 Å². The molecule has 0 bridgehead atoms. The number of para-hydroxylation sites is 1. The van der Waals surface area contributed by atoms with Crippen LogP contribution in [0.1, 0.15) is 29.4 Å². The highest BCUT2D eigenvalue weighted by Gasteiger charge is 2.35. The highest BCUT2D eigenvalue weighted by atomic mass is 16.5. The number of hydrogen-bond donors (Lipinski definition) is 0. The van der Waals surface area contributed by atoms with E-state index in [-0.39, 0.29) is 11.8 Å². The molecule has 1 atom stereocenters. The summed E-state index contributed by atoms with van der Waals surface area (Å²) in [6.45, 7) is 4.65. The van der Waals surface area contributed by atoms with Gasteiger partial charge < -0.3 is 14.2 Å². The number of aromatic nitrogens is 2. The van der Waals surface area contributed by atoms with Crippen LogP contribution in [0.15, 0.2) is 47.0 Å². The molecule has 27 heavy (non-hydrogen) atoms. The van der Waals surface area contributed by atoms with Crippen molar-refractivity contribution in [2.24, 2.45) is 0 Å². The van der Waals surface area contributed by atoms with E-state index in [4.69, 9.17) is 9.26 Å². The second-order valence-corrected chi connectivity index (χ2v) is 6.83. The van der Waals surface area contributed by atoms with E-state index in [1.165, 1.54) is 11.1 Å². The average Bonchev–Trinajstić information content (AvgIpc) is 3.31. The van der Waals surface area contributed by atoms with Gasteiger partial charge in [-0.15, -0.1) is 0 Å². The second kappa shape index (κ2) is 6.87. The normalized spacial score (nSPS) is 16.8. The molecule has 6 nitrogen and oxygen atoms in total. The molecule has 1 aliphatic rings. The standard InChI is InChI=1S/C21H21N3O3/c1-13-8-9-16(10-14(13)2)24-12-15(11-19(24)25)21-22-20(23-27-21)17-6-4-5-7-18(17)26-3/h4-10,15H,11-12H2,1-3H3. The lowest BCUT2D eigenvalue weighted by molar-refractivity contribution is -0.117. The topological polar surface area (TPSA) is 68.5 Å². The van der Waals surface area contributed by atoms with Crippen molar-refractivity contribution in [3.8, 4) is 17.1 Å². The van der Waals surface area contributed by atoms with Gasteiger partial charge in [-0.3, -0.25) is 4.79 Å². The number of hydrogen-bond acceptors (Lipinski definition) is 5. The molecule has 0 spiro atoms. The van der Waals surface area contributed by atoms with Crippen molar-refractivity contribution in [3.63, 3.8) is 0 Å². The number of carbonyl (C=O) groups excluding carboxylic acids is 1. The number of benzene rings is 2. The van der Waals surface area contributed by atoms with Gasteiger partial charge in [-0.05, 0) is 49.2 Å². The summed E-state index contributed by atoms with van der Waals surface area (Å²) in [6.07, 6.45) is 0.362. The summed E-state index contributed by atoms with van der Waals surface area (Å²) < 4.78 is 10.8. The first-order valence-corrected chi connectivity index (χ1v) is 8.91. The van der Waals surface area contributed by atoms with Crippen molar-refractivity contribution in [2.45, 2.75) is 26.2 Å². The van der Waals surface area contributed by atoms with Gasteiger partial charge in [0.2, 0.25) is 17.6 Å². The maximum Gasteiger partial charge on any atom is 0.232 e. The van der Waals surface area contributed by atoms with Gasteiger partial charge in [-0.25, -0.2) is 0 Å². The molecule has 1 saturated heterocycles. The van der Waals surface area contributed by atoms with Gasteiger partial charge in [-0.1, -0.05) is 23.4 Å². The lowest BCUT2D eigenvalue weighted by Crippen LogP contribution is -2.24. The van der Waals surface area contributed by atoms with Crippen LogP contribution in [0, 0.1) is 13.8 Å². The van der Waals surface area contributed by atoms with E-state index in [2.05, 4.69) is 17.1 Å². The molecule has 6 heteroatoms. The van der Waals surface area contributed by atoms with Gasteiger partial charge in [0.25, 0.3) is 0 Å². The van der Waals surface area contributed by atoms with Gasteiger partial charge in [0.1, 0.15) is 5.75 Å². The van der Waals surface area contributed by atoms with Gasteiger partial charge in [0, 0.05) is 18.7 Å². The molecular weight excluding hydrogens is 342 g/mol. The molecule has 0 saturated carbocycles. The summed E-state index contributed by atoms with van der Waals surface area (Å²) in [5.41, 5.74) is 4.06. The maximum atomic E-state index is 12.5. The summed E-state index contributed by atoms with van der Waals surface area (Å²) in [5.74, 6) is 1.59. The molecule has 1 aromatic heterocycles. The highest BCUT2D eigenvalue weighted by Crippen LogP contribution is 2.34. The Labute approximate surface area is 157 Å². The summed E-state index contributed by atoms with van der Waals surface area (Å²) in [5, 5.41) is 4.09. The summed E-state index contributed by atoms with van der Waals surface area (Å²) in [4.78, 5) is 18.9. The van der Waals surface area contributed by atoms with Crippen LogP contribution in [-0.4, -0.2) is 29.7 Å². The molecule has 1 unspecified atom stereocenters. The van der Waals surface area contributed by atoms with E-state index in [0.29, 0.717) is 30.4 Å². The average molecular weight is 363 g/mol. The van der Waals surface area contributed by atoms with Gasteiger partial charge in [0.15, 0.2) is 0 Å². The van der Waals surface area contributed by atoms with Crippen LogP contribution >= 0.6 is 0 Å². The molecule has 3 aromatic rings. The number of carbonyl (C=O) groups is 1. The molecule has 4 rings (SSSR count). The number of nitrogens with zero attached hydrogens (tertiary/aromatic N) is 3. The number of anilines is 1. The van der Waals surface area contributed by atoms with E-state index in [1.807, 2.05) is 49.4 Å². The Kier molecular flexibility index (Phi) is 4.39. The van der Waals surface area contributed by atoms with Crippen LogP contribution in [0.3, 0.4) is 0 Å². The largest absolute Gasteiger partial charge is 0.496 e. The Morgan fingerprint density at radius 3 is 2.74 bits per heavy atom. The fraction of sp³-hybridized carbons (Fsp3) is 0.286. The molecule has 2 heterocycles.